The Kier molecular flexibility index (Phi) is 8.54. The van der Waals surface area contributed by atoms with Crippen molar-refractivity contribution >= 4 is 41.3 Å². The van der Waals surface area contributed by atoms with Crippen LogP contribution in [-0.4, -0.2) is 24.5 Å². The number of benzene rings is 1. The van der Waals surface area contributed by atoms with Crippen LogP contribution < -0.4 is 10.6 Å². The average molecular weight is 466 g/mol. The molecule has 132 valence electrons. The maximum Gasteiger partial charge on any atom is 0.191 e. The summed E-state index contributed by atoms with van der Waals surface area (Å²) in [4.78, 5) is 9.75. The molecule has 2 N–H and O–H groups in total. The van der Waals surface area contributed by atoms with Gasteiger partial charge in [-0.3, -0.25) is 4.99 Å². The maximum atomic E-state index is 13.5. The molecular formula is C16H21F2IN4S. The number of guanidine groups is 1. The zero-order valence-electron chi connectivity index (χ0n) is 13.8. The van der Waals surface area contributed by atoms with Crippen LogP contribution >= 0.6 is 35.3 Å². The van der Waals surface area contributed by atoms with Gasteiger partial charge in [0.05, 0.1) is 12.2 Å². The molecule has 0 aliphatic heterocycles. The first kappa shape index (κ1) is 20.8. The van der Waals surface area contributed by atoms with Crippen molar-refractivity contribution in [1.82, 2.24) is 15.6 Å². The van der Waals surface area contributed by atoms with Gasteiger partial charge in [0.2, 0.25) is 0 Å². The Hall–Kier alpha value is -1.29. The summed E-state index contributed by atoms with van der Waals surface area (Å²) in [6.45, 7) is 5.05. The molecule has 0 fully saturated rings. The molecule has 2 aromatic rings. The summed E-state index contributed by atoms with van der Waals surface area (Å²) in [5.74, 6) is -0.226. The molecule has 1 aromatic heterocycles. The third-order valence-corrected chi connectivity index (χ3v) is 4.47. The van der Waals surface area contributed by atoms with Crippen molar-refractivity contribution < 1.29 is 8.78 Å². The van der Waals surface area contributed by atoms with E-state index in [1.807, 2.05) is 13.8 Å². The molecule has 24 heavy (non-hydrogen) atoms. The van der Waals surface area contributed by atoms with E-state index in [4.69, 9.17) is 0 Å². The van der Waals surface area contributed by atoms with E-state index in [-0.39, 0.29) is 24.0 Å². The number of nitrogens with one attached hydrogen (secondary N) is 2. The summed E-state index contributed by atoms with van der Waals surface area (Å²) >= 11 is 1.64. The van der Waals surface area contributed by atoms with Gasteiger partial charge in [0.15, 0.2) is 5.96 Å². The fraction of sp³-hybridized carbons (Fsp3) is 0.375. The van der Waals surface area contributed by atoms with E-state index in [1.54, 1.807) is 18.4 Å². The molecular weight excluding hydrogens is 445 g/mol. The summed E-state index contributed by atoms with van der Waals surface area (Å²) in [5, 5.41) is 7.23. The summed E-state index contributed by atoms with van der Waals surface area (Å²) in [7, 11) is 1.66. The highest BCUT2D eigenvalue weighted by Crippen LogP contribution is 2.15. The van der Waals surface area contributed by atoms with Crippen LogP contribution in [0, 0.1) is 25.5 Å². The van der Waals surface area contributed by atoms with Crippen LogP contribution in [0.3, 0.4) is 0 Å². The smallest absolute Gasteiger partial charge is 0.191 e. The molecule has 0 amide bonds. The van der Waals surface area contributed by atoms with Crippen LogP contribution in [0.5, 0.6) is 0 Å². The predicted molar refractivity (Wildman–Crippen MR) is 105 cm³/mol. The van der Waals surface area contributed by atoms with E-state index in [0.29, 0.717) is 31.0 Å². The van der Waals surface area contributed by atoms with Gasteiger partial charge in [-0.2, -0.15) is 0 Å². The van der Waals surface area contributed by atoms with E-state index in [2.05, 4.69) is 20.6 Å². The third kappa shape index (κ3) is 5.97. The quantitative estimate of drug-likeness (QED) is 0.403. The second kappa shape index (κ2) is 9.87. The number of thiazole rings is 1. The van der Waals surface area contributed by atoms with E-state index in [0.717, 1.165) is 22.8 Å². The second-order valence-electron chi connectivity index (χ2n) is 5.09. The second-order valence-corrected chi connectivity index (χ2v) is 6.38. The van der Waals surface area contributed by atoms with Crippen molar-refractivity contribution in [2.45, 2.75) is 26.8 Å². The maximum absolute atomic E-state index is 13.5. The summed E-state index contributed by atoms with van der Waals surface area (Å²) in [5.41, 5.74) is 1.38. The fourth-order valence-corrected chi connectivity index (χ4v) is 2.92. The van der Waals surface area contributed by atoms with Crippen LogP contribution in [0.2, 0.25) is 0 Å². The van der Waals surface area contributed by atoms with Gasteiger partial charge in [-0.05, 0) is 44.0 Å². The Balaban J connectivity index is 0.00000288. The van der Waals surface area contributed by atoms with Gasteiger partial charge in [0.25, 0.3) is 0 Å². The molecule has 0 aliphatic rings. The lowest BCUT2D eigenvalue weighted by molar-refractivity contribution is 0.583. The van der Waals surface area contributed by atoms with Crippen molar-refractivity contribution in [2.24, 2.45) is 4.99 Å². The molecule has 2 rings (SSSR count). The minimum absolute atomic E-state index is 0. The SMILES string of the molecule is CN=C(NCCc1cc(F)ccc1F)NCc1nc(C)c(C)s1.I. The zero-order chi connectivity index (χ0) is 16.8. The lowest BCUT2D eigenvalue weighted by Crippen LogP contribution is -2.37. The Morgan fingerprint density at radius 3 is 2.62 bits per heavy atom. The number of nitrogens with zero attached hydrogens (tertiary/aromatic N) is 2. The Bertz CT molecular complexity index is 684. The van der Waals surface area contributed by atoms with E-state index < -0.39 is 11.6 Å². The molecule has 4 nitrogen and oxygen atoms in total. The van der Waals surface area contributed by atoms with Crippen LogP contribution in [0.15, 0.2) is 23.2 Å². The van der Waals surface area contributed by atoms with Crippen molar-refractivity contribution in [3.8, 4) is 0 Å². The minimum atomic E-state index is -0.432. The van der Waals surface area contributed by atoms with Gasteiger partial charge in [0.1, 0.15) is 16.6 Å². The zero-order valence-corrected chi connectivity index (χ0v) is 17.0. The normalized spacial score (nSPS) is 11.1. The van der Waals surface area contributed by atoms with Crippen molar-refractivity contribution in [2.75, 3.05) is 13.6 Å². The molecule has 0 aliphatic carbocycles. The third-order valence-electron chi connectivity index (χ3n) is 3.40. The van der Waals surface area contributed by atoms with Crippen molar-refractivity contribution in [3.63, 3.8) is 0 Å². The lowest BCUT2D eigenvalue weighted by Gasteiger charge is -2.11. The van der Waals surface area contributed by atoms with Gasteiger partial charge >= 0.3 is 0 Å². The molecule has 1 aromatic carbocycles. The van der Waals surface area contributed by atoms with Gasteiger partial charge in [-0.1, -0.05) is 0 Å². The predicted octanol–water partition coefficient (Wildman–Crippen LogP) is 3.56. The molecule has 8 heteroatoms. The van der Waals surface area contributed by atoms with Crippen LogP contribution in [0.1, 0.15) is 21.1 Å². The number of hydrogen-bond acceptors (Lipinski definition) is 3. The molecule has 0 saturated carbocycles. The molecule has 0 unspecified atom stereocenters. The highest BCUT2D eigenvalue weighted by molar-refractivity contribution is 14.0. The van der Waals surface area contributed by atoms with E-state index in [9.17, 15) is 8.78 Å². The summed E-state index contributed by atoms with van der Waals surface area (Å²) in [6.07, 6.45) is 0.375. The van der Waals surface area contributed by atoms with Crippen molar-refractivity contribution in [1.29, 1.82) is 0 Å². The van der Waals surface area contributed by atoms with Gasteiger partial charge < -0.3 is 10.6 Å². The number of halogens is 3. The van der Waals surface area contributed by atoms with Gasteiger partial charge in [0, 0.05) is 18.5 Å². The lowest BCUT2D eigenvalue weighted by atomic mass is 10.1. The van der Waals surface area contributed by atoms with Gasteiger partial charge in [-0.25, -0.2) is 13.8 Å². The minimum Gasteiger partial charge on any atom is -0.356 e. The number of aryl methyl sites for hydroxylation is 2. The summed E-state index contributed by atoms with van der Waals surface area (Å²) < 4.78 is 26.7. The number of aliphatic imine (C=N–C) groups is 1. The van der Waals surface area contributed by atoms with Crippen LogP contribution in [-0.2, 0) is 13.0 Å². The van der Waals surface area contributed by atoms with Crippen LogP contribution in [0.25, 0.3) is 0 Å². The van der Waals surface area contributed by atoms with Crippen molar-refractivity contribution in [3.05, 3.63) is 51.0 Å². The largest absolute Gasteiger partial charge is 0.356 e. The molecule has 0 radical (unpaired) electrons. The first-order valence-electron chi connectivity index (χ1n) is 7.31. The molecule has 0 spiro atoms. The topological polar surface area (TPSA) is 49.3 Å². The Morgan fingerprint density at radius 1 is 1.25 bits per heavy atom. The number of hydrogen-bond donors (Lipinski definition) is 2. The summed E-state index contributed by atoms with van der Waals surface area (Å²) in [6, 6.07) is 3.48. The standard InChI is InChI=1S/C16H20F2N4S.HI/c1-10-11(2)23-15(22-10)9-21-16(19-3)20-7-6-12-8-13(17)4-5-14(12)18;/h4-5,8H,6-7,9H2,1-3H3,(H2,19,20,21);1H. The average Bonchev–Trinajstić information content (AvgIpc) is 2.84. The highest BCUT2D eigenvalue weighted by atomic mass is 127. The Labute approximate surface area is 161 Å². The monoisotopic (exact) mass is 466 g/mol. The molecule has 1 heterocycles. The van der Waals surface area contributed by atoms with Crippen LogP contribution in [0.4, 0.5) is 8.78 Å². The first-order chi connectivity index (χ1) is 11.0. The number of rotatable bonds is 5. The Morgan fingerprint density at radius 2 is 2.00 bits per heavy atom. The molecule has 0 bridgehead atoms. The van der Waals surface area contributed by atoms with E-state index >= 15 is 0 Å². The first-order valence-corrected chi connectivity index (χ1v) is 8.12. The van der Waals surface area contributed by atoms with Gasteiger partial charge in [-0.15, -0.1) is 35.3 Å². The molecule has 0 saturated heterocycles. The molecule has 0 atom stereocenters. The number of aromatic nitrogens is 1. The fourth-order valence-electron chi connectivity index (χ4n) is 2.05. The van der Waals surface area contributed by atoms with E-state index in [1.165, 1.54) is 10.9 Å². The highest BCUT2D eigenvalue weighted by Gasteiger charge is 2.06.